The van der Waals surface area contributed by atoms with Crippen molar-refractivity contribution in [2.75, 3.05) is 13.7 Å². The summed E-state index contributed by atoms with van der Waals surface area (Å²) in [5.41, 5.74) is 1.66. The number of benzene rings is 1. The largest absolute Gasteiger partial charge is 0.497 e. The highest BCUT2D eigenvalue weighted by atomic mass is 79.9. The molecule has 1 amide bonds. The molecule has 0 aliphatic rings. The molecular weight excluding hydrogens is 390 g/mol. The average Bonchev–Trinajstić information content (AvgIpc) is 3.29. The minimum absolute atomic E-state index is 0.0421. The van der Waals surface area contributed by atoms with Crippen LogP contribution in [0.1, 0.15) is 22.0 Å². The molecular formula is C17H16BrN3O2S. The highest BCUT2D eigenvalue weighted by Crippen LogP contribution is 2.23. The third kappa shape index (κ3) is 3.68. The van der Waals surface area contributed by atoms with Crippen molar-refractivity contribution in [3.63, 3.8) is 0 Å². The standard InChI is InChI=1S/C17H16BrN3O2S/c1-23-13-3-4-15(18)14(9-13)17(22)19-10-16(12-5-8-24-11-12)21-7-2-6-20-21/h2-9,11,16H,10H2,1H3,(H,19,22)/t16-/m1/s1. The van der Waals surface area contributed by atoms with Crippen LogP contribution in [0.3, 0.4) is 0 Å². The van der Waals surface area contributed by atoms with Gasteiger partial charge in [0.25, 0.3) is 5.91 Å². The summed E-state index contributed by atoms with van der Waals surface area (Å²) in [5, 5.41) is 11.4. The molecule has 0 saturated carbocycles. The van der Waals surface area contributed by atoms with Crippen molar-refractivity contribution in [3.8, 4) is 5.75 Å². The molecule has 3 rings (SSSR count). The number of hydrogen-bond acceptors (Lipinski definition) is 4. The quantitative estimate of drug-likeness (QED) is 0.679. The summed E-state index contributed by atoms with van der Waals surface area (Å²) >= 11 is 5.04. The summed E-state index contributed by atoms with van der Waals surface area (Å²) in [6.07, 6.45) is 3.63. The van der Waals surface area contributed by atoms with Crippen LogP contribution in [0.4, 0.5) is 0 Å². The first kappa shape index (κ1) is 16.7. The SMILES string of the molecule is COc1ccc(Br)c(C(=O)NC[C@H](c2ccsc2)n2cccn2)c1. The Labute approximate surface area is 152 Å². The monoisotopic (exact) mass is 405 g/mol. The second-order valence-electron chi connectivity index (χ2n) is 5.11. The Kier molecular flexibility index (Phi) is 5.32. The van der Waals surface area contributed by atoms with Crippen LogP contribution in [0.15, 0.2) is 58.0 Å². The average molecular weight is 406 g/mol. The second-order valence-corrected chi connectivity index (χ2v) is 6.75. The zero-order valence-electron chi connectivity index (χ0n) is 13.0. The fraction of sp³-hybridized carbons (Fsp3) is 0.176. The number of carbonyl (C=O) groups is 1. The van der Waals surface area contributed by atoms with E-state index in [0.29, 0.717) is 17.9 Å². The third-order valence-electron chi connectivity index (χ3n) is 3.65. The van der Waals surface area contributed by atoms with Gasteiger partial charge in [0.05, 0.1) is 18.7 Å². The van der Waals surface area contributed by atoms with Crippen molar-refractivity contribution in [3.05, 3.63) is 69.1 Å². The molecule has 1 N–H and O–H groups in total. The second kappa shape index (κ2) is 7.63. The first-order chi connectivity index (χ1) is 11.7. The van der Waals surface area contributed by atoms with E-state index in [1.807, 2.05) is 28.4 Å². The maximum absolute atomic E-state index is 12.6. The van der Waals surface area contributed by atoms with Gasteiger partial charge in [0.15, 0.2) is 0 Å². The van der Waals surface area contributed by atoms with E-state index in [1.54, 1.807) is 42.8 Å². The highest BCUT2D eigenvalue weighted by Gasteiger charge is 2.18. The van der Waals surface area contributed by atoms with E-state index < -0.39 is 0 Å². The van der Waals surface area contributed by atoms with Crippen molar-refractivity contribution in [2.24, 2.45) is 0 Å². The molecule has 2 aromatic heterocycles. The fourth-order valence-electron chi connectivity index (χ4n) is 2.38. The highest BCUT2D eigenvalue weighted by molar-refractivity contribution is 9.10. The van der Waals surface area contributed by atoms with Crippen LogP contribution in [-0.4, -0.2) is 29.3 Å². The predicted molar refractivity (Wildman–Crippen MR) is 97.7 cm³/mol. The van der Waals surface area contributed by atoms with Crippen LogP contribution in [0.2, 0.25) is 0 Å². The molecule has 0 spiro atoms. The lowest BCUT2D eigenvalue weighted by atomic mass is 10.1. The molecule has 0 bridgehead atoms. The number of nitrogens with zero attached hydrogens (tertiary/aromatic N) is 2. The smallest absolute Gasteiger partial charge is 0.252 e. The van der Waals surface area contributed by atoms with Crippen molar-refractivity contribution in [1.82, 2.24) is 15.1 Å². The van der Waals surface area contributed by atoms with E-state index in [1.165, 1.54) is 0 Å². The number of methoxy groups -OCH3 is 1. The lowest BCUT2D eigenvalue weighted by Gasteiger charge is -2.18. The summed E-state index contributed by atoms with van der Waals surface area (Å²) in [4.78, 5) is 12.6. The van der Waals surface area contributed by atoms with Gasteiger partial charge in [0.2, 0.25) is 0 Å². The van der Waals surface area contributed by atoms with E-state index >= 15 is 0 Å². The van der Waals surface area contributed by atoms with Crippen LogP contribution in [-0.2, 0) is 0 Å². The molecule has 0 radical (unpaired) electrons. The first-order valence-electron chi connectivity index (χ1n) is 7.32. The van der Waals surface area contributed by atoms with Gasteiger partial charge in [-0.25, -0.2) is 0 Å². The molecule has 1 atom stereocenters. The van der Waals surface area contributed by atoms with Gasteiger partial charge in [-0.1, -0.05) is 0 Å². The van der Waals surface area contributed by atoms with Gasteiger partial charge in [0, 0.05) is 23.4 Å². The number of aromatic nitrogens is 2. The van der Waals surface area contributed by atoms with Gasteiger partial charge in [-0.15, -0.1) is 0 Å². The van der Waals surface area contributed by atoms with Crippen molar-refractivity contribution >= 4 is 33.2 Å². The molecule has 0 aliphatic carbocycles. The number of hydrogen-bond donors (Lipinski definition) is 1. The van der Waals surface area contributed by atoms with Crippen LogP contribution in [0.5, 0.6) is 5.75 Å². The number of amides is 1. The van der Waals surface area contributed by atoms with Crippen LogP contribution in [0, 0.1) is 0 Å². The molecule has 3 aromatic rings. The predicted octanol–water partition coefficient (Wildman–Crippen LogP) is 3.74. The molecule has 0 fully saturated rings. The lowest BCUT2D eigenvalue weighted by molar-refractivity contribution is 0.0948. The van der Waals surface area contributed by atoms with E-state index in [2.05, 4.69) is 31.7 Å². The van der Waals surface area contributed by atoms with Gasteiger partial charge < -0.3 is 10.1 Å². The fourth-order valence-corrected chi connectivity index (χ4v) is 3.52. The Morgan fingerprint density at radius 1 is 1.46 bits per heavy atom. The van der Waals surface area contributed by atoms with Crippen molar-refractivity contribution in [1.29, 1.82) is 0 Å². The summed E-state index contributed by atoms with van der Waals surface area (Å²) in [7, 11) is 1.58. The maximum Gasteiger partial charge on any atom is 0.252 e. The molecule has 0 aliphatic heterocycles. The Morgan fingerprint density at radius 2 is 2.33 bits per heavy atom. The zero-order chi connectivity index (χ0) is 16.9. The van der Waals surface area contributed by atoms with Crippen LogP contribution >= 0.6 is 27.3 Å². The molecule has 0 unspecified atom stereocenters. The van der Waals surface area contributed by atoms with Gasteiger partial charge in [-0.2, -0.15) is 16.4 Å². The Hall–Kier alpha value is -2.12. The lowest BCUT2D eigenvalue weighted by Crippen LogP contribution is -2.31. The van der Waals surface area contributed by atoms with Crippen molar-refractivity contribution < 1.29 is 9.53 Å². The number of ether oxygens (including phenoxy) is 1. The Balaban J connectivity index is 1.77. The van der Waals surface area contributed by atoms with Gasteiger partial charge >= 0.3 is 0 Å². The summed E-state index contributed by atoms with van der Waals surface area (Å²) in [6, 6.07) is 9.20. The number of carbonyl (C=O) groups excluding carboxylic acids is 1. The van der Waals surface area contributed by atoms with Gasteiger partial charge in [-0.3, -0.25) is 9.48 Å². The van der Waals surface area contributed by atoms with Gasteiger partial charge in [0.1, 0.15) is 5.75 Å². The first-order valence-corrected chi connectivity index (χ1v) is 9.05. The molecule has 1 aromatic carbocycles. The minimum atomic E-state index is -0.159. The van der Waals surface area contributed by atoms with E-state index in [9.17, 15) is 4.79 Å². The molecule has 2 heterocycles. The van der Waals surface area contributed by atoms with Crippen molar-refractivity contribution in [2.45, 2.75) is 6.04 Å². The number of thiophene rings is 1. The molecule has 24 heavy (non-hydrogen) atoms. The van der Waals surface area contributed by atoms with E-state index in [4.69, 9.17) is 4.74 Å². The maximum atomic E-state index is 12.6. The summed E-state index contributed by atoms with van der Waals surface area (Å²) < 4.78 is 7.77. The summed E-state index contributed by atoms with van der Waals surface area (Å²) in [5.74, 6) is 0.484. The van der Waals surface area contributed by atoms with E-state index in [0.717, 1.165) is 10.0 Å². The van der Waals surface area contributed by atoms with Crippen LogP contribution < -0.4 is 10.1 Å². The summed E-state index contributed by atoms with van der Waals surface area (Å²) in [6.45, 7) is 0.445. The number of rotatable bonds is 6. The topological polar surface area (TPSA) is 56.1 Å². The number of nitrogens with one attached hydrogen (secondary N) is 1. The van der Waals surface area contributed by atoms with Gasteiger partial charge in [-0.05, 0) is 62.6 Å². The third-order valence-corrected chi connectivity index (χ3v) is 5.04. The normalized spacial score (nSPS) is 11.9. The Morgan fingerprint density at radius 3 is 3.00 bits per heavy atom. The molecule has 7 heteroatoms. The number of halogens is 1. The minimum Gasteiger partial charge on any atom is -0.497 e. The van der Waals surface area contributed by atoms with Crippen LogP contribution in [0.25, 0.3) is 0 Å². The molecule has 124 valence electrons. The Bertz CT molecular complexity index is 769. The van der Waals surface area contributed by atoms with E-state index in [-0.39, 0.29) is 11.9 Å². The zero-order valence-corrected chi connectivity index (χ0v) is 15.4. The molecule has 5 nitrogen and oxygen atoms in total. The molecule has 0 saturated heterocycles.